The molecule has 0 aliphatic carbocycles. The average molecular weight is 427 g/mol. The third kappa shape index (κ3) is 2.86. The molecule has 0 saturated carbocycles. The van der Waals surface area contributed by atoms with Crippen LogP contribution in [-0.4, -0.2) is 10.2 Å². The molecule has 1 aromatic heterocycles. The minimum absolute atomic E-state index is 0.189. The molecule has 3 aromatic rings. The molecule has 0 spiro atoms. The maximum atomic E-state index is 11.8. The van der Waals surface area contributed by atoms with Crippen LogP contribution in [0.2, 0.25) is 0 Å². The van der Waals surface area contributed by atoms with Crippen molar-refractivity contribution in [3.05, 3.63) is 55.7 Å². The number of nitrogens with one attached hydrogen (secondary N) is 1. The van der Waals surface area contributed by atoms with Gasteiger partial charge in [0.2, 0.25) is 0 Å². The topological polar surface area (TPSA) is 71.8 Å². The number of aromatic amines is 1. The molecule has 0 aliphatic heterocycles. The molecule has 4 nitrogen and oxygen atoms in total. The fourth-order valence-corrected chi connectivity index (χ4v) is 4.53. The Kier molecular flexibility index (Phi) is 4.05. The zero-order valence-electron chi connectivity index (χ0n) is 10.6. The maximum Gasteiger partial charge on any atom is 0.272 e. The third-order valence-corrected chi connectivity index (χ3v) is 5.80. The van der Waals surface area contributed by atoms with E-state index in [4.69, 9.17) is 5.73 Å². The molecule has 2 aromatic carbocycles. The van der Waals surface area contributed by atoms with E-state index in [0.717, 1.165) is 24.3 Å². The maximum absolute atomic E-state index is 11.8. The van der Waals surface area contributed by atoms with Gasteiger partial charge in [-0.3, -0.25) is 4.79 Å². The first kappa shape index (κ1) is 14.6. The molecule has 0 bridgehead atoms. The lowest BCUT2D eigenvalue weighted by Crippen LogP contribution is -2.08. The highest BCUT2D eigenvalue weighted by molar-refractivity contribution is 9.11. The molecule has 0 radical (unpaired) electrons. The van der Waals surface area contributed by atoms with Crippen LogP contribution in [0.3, 0.4) is 0 Å². The predicted octanol–water partition coefficient (Wildman–Crippen LogP) is 4.18. The lowest BCUT2D eigenvalue weighted by atomic mass is 10.2. The number of halogens is 2. The Bertz CT molecular complexity index is 872. The number of hydrogen-bond acceptors (Lipinski definition) is 4. The van der Waals surface area contributed by atoms with Crippen LogP contribution < -0.4 is 11.3 Å². The summed E-state index contributed by atoms with van der Waals surface area (Å²) < 4.78 is 1.74. The molecule has 0 atom stereocenters. The molecule has 0 aliphatic rings. The average Bonchev–Trinajstić information content (AvgIpc) is 2.45. The van der Waals surface area contributed by atoms with E-state index in [2.05, 4.69) is 42.1 Å². The van der Waals surface area contributed by atoms with Crippen LogP contribution in [0.1, 0.15) is 0 Å². The molecule has 3 rings (SSSR count). The van der Waals surface area contributed by atoms with Gasteiger partial charge in [0.15, 0.2) is 0 Å². The van der Waals surface area contributed by atoms with Crippen molar-refractivity contribution in [2.24, 2.45) is 0 Å². The van der Waals surface area contributed by atoms with Crippen LogP contribution in [0.4, 0.5) is 5.69 Å². The first-order valence-electron chi connectivity index (χ1n) is 5.96. The summed E-state index contributed by atoms with van der Waals surface area (Å²) in [6, 6.07) is 11.1. The minimum atomic E-state index is -0.189. The molecule has 7 heteroatoms. The highest BCUT2D eigenvalue weighted by atomic mass is 79.9. The second-order valence-corrected chi connectivity index (χ2v) is 7.03. The Hall–Kier alpha value is -1.31. The zero-order valence-corrected chi connectivity index (χ0v) is 14.5. The van der Waals surface area contributed by atoms with Crippen LogP contribution in [0.15, 0.2) is 60.1 Å². The number of nitrogens with zero attached hydrogens (tertiary/aromatic N) is 1. The Morgan fingerprint density at radius 1 is 1.10 bits per heavy atom. The van der Waals surface area contributed by atoms with Crippen molar-refractivity contribution >= 4 is 60.1 Å². The van der Waals surface area contributed by atoms with Crippen molar-refractivity contribution in [1.82, 2.24) is 10.2 Å². The van der Waals surface area contributed by atoms with E-state index in [1.54, 1.807) is 6.07 Å². The number of aromatic nitrogens is 2. The van der Waals surface area contributed by atoms with Gasteiger partial charge in [-0.25, -0.2) is 5.10 Å². The quantitative estimate of drug-likeness (QED) is 0.603. The molecule has 21 heavy (non-hydrogen) atoms. The molecule has 1 heterocycles. The monoisotopic (exact) mass is 425 g/mol. The van der Waals surface area contributed by atoms with E-state index >= 15 is 0 Å². The Morgan fingerprint density at radius 3 is 2.38 bits per heavy atom. The number of fused-ring (bicyclic) bond motifs is 1. The van der Waals surface area contributed by atoms with Crippen LogP contribution in [-0.2, 0) is 0 Å². The number of hydrogen-bond donors (Lipinski definition) is 2. The van der Waals surface area contributed by atoms with E-state index in [1.807, 2.05) is 30.3 Å². The van der Waals surface area contributed by atoms with Crippen molar-refractivity contribution < 1.29 is 0 Å². The van der Waals surface area contributed by atoms with Crippen LogP contribution in [0.25, 0.3) is 10.8 Å². The van der Waals surface area contributed by atoms with Crippen LogP contribution in [0.5, 0.6) is 0 Å². The standard InChI is InChI=1S/C14H9Br2N3OS/c15-10-5-7(17)6-11(16)12(10)21-14-9-4-2-1-3-8(9)13(20)18-19-14/h1-6H,17H2,(H,18,20). The number of rotatable bonds is 2. The molecule has 0 fully saturated rings. The van der Waals surface area contributed by atoms with Gasteiger partial charge < -0.3 is 5.73 Å². The molecule has 0 amide bonds. The summed E-state index contributed by atoms with van der Waals surface area (Å²) in [5.74, 6) is 0. The second-order valence-electron chi connectivity index (χ2n) is 4.32. The minimum Gasteiger partial charge on any atom is -0.399 e. The van der Waals surface area contributed by atoms with Crippen molar-refractivity contribution in [3.63, 3.8) is 0 Å². The smallest absolute Gasteiger partial charge is 0.272 e. The first-order valence-corrected chi connectivity index (χ1v) is 8.36. The lowest BCUT2D eigenvalue weighted by molar-refractivity contribution is 0.927. The lowest BCUT2D eigenvalue weighted by Gasteiger charge is -2.09. The molecular weight excluding hydrogens is 418 g/mol. The molecule has 3 N–H and O–H groups in total. The molecular formula is C14H9Br2N3OS. The Labute approximate surface area is 141 Å². The van der Waals surface area contributed by atoms with Gasteiger partial charge in [-0.05, 0) is 50.1 Å². The second kappa shape index (κ2) is 5.82. The van der Waals surface area contributed by atoms with Gasteiger partial charge in [0.25, 0.3) is 5.56 Å². The summed E-state index contributed by atoms with van der Waals surface area (Å²) >= 11 is 8.46. The van der Waals surface area contributed by atoms with Crippen LogP contribution >= 0.6 is 43.6 Å². The first-order chi connectivity index (χ1) is 10.1. The van der Waals surface area contributed by atoms with Gasteiger partial charge in [-0.15, -0.1) is 0 Å². The number of nitrogen functional groups attached to an aromatic ring is 1. The number of nitrogens with two attached hydrogens (primary N) is 1. The highest BCUT2D eigenvalue weighted by Crippen LogP contribution is 2.40. The number of benzene rings is 2. The third-order valence-electron chi connectivity index (χ3n) is 2.88. The van der Waals surface area contributed by atoms with Gasteiger partial charge in [0, 0.05) is 24.9 Å². The summed E-state index contributed by atoms with van der Waals surface area (Å²) in [4.78, 5) is 12.8. The summed E-state index contributed by atoms with van der Waals surface area (Å²) in [6.07, 6.45) is 0. The summed E-state index contributed by atoms with van der Waals surface area (Å²) in [5.41, 5.74) is 6.27. The van der Waals surface area contributed by atoms with Gasteiger partial charge in [-0.1, -0.05) is 30.0 Å². The highest BCUT2D eigenvalue weighted by Gasteiger charge is 2.13. The van der Waals surface area contributed by atoms with Gasteiger partial charge in [0.1, 0.15) is 5.03 Å². The van der Waals surface area contributed by atoms with Gasteiger partial charge in [-0.2, -0.15) is 5.10 Å². The van der Waals surface area contributed by atoms with Gasteiger partial charge >= 0.3 is 0 Å². The van der Waals surface area contributed by atoms with Crippen molar-refractivity contribution in [1.29, 1.82) is 0 Å². The van der Waals surface area contributed by atoms with Crippen molar-refractivity contribution in [2.75, 3.05) is 5.73 Å². The summed E-state index contributed by atoms with van der Waals surface area (Å²) in [6.45, 7) is 0. The summed E-state index contributed by atoms with van der Waals surface area (Å²) in [7, 11) is 0. The predicted molar refractivity (Wildman–Crippen MR) is 92.7 cm³/mol. The van der Waals surface area contributed by atoms with E-state index in [0.29, 0.717) is 11.1 Å². The van der Waals surface area contributed by atoms with Gasteiger partial charge in [0.05, 0.1) is 5.39 Å². The fourth-order valence-electron chi connectivity index (χ4n) is 1.94. The van der Waals surface area contributed by atoms with E-state index in [9.17, 15) is 4.79 Å². The molecule has 0 unspecified atom stereocenters. The van der Waals surface area contributed by atoms with E-state index in [-0.39, 0.29) is 5.56 Å². The van der Waals surface area contributed by atoms with Crippen molar-refractivity contribution in [3.8, 4) is 0 Å². The summed E-state index contributed by atoms with van der Waals surface area (Å²) in [5, 5.41) is 8.87. The largest absolute Gasteiger partial charge is 0.399 e. The van der Waals surface area contributed by atoms with E-state index < -0.39 is 0 Å². The van der Waals surface area contributed by atoms with Crippen LogP contribution in [0, 0.1) is 0 Å². The normalized spacial score (nSPS) is 11.0. The Balaban J connectivity index is 2.16. The van der Waals surface area contributed by atoms with E-state index in [1.165, 1.54) is 11.8 Å². The number of H-pyrrole nitrogens is 1. The zero-order chi connectivity index (χ0) is 15.0. The SMILES string of the molecule is Nc1cc(Br)c(Sc2n[nH]c(=O)c3ccccc23)c(Br)c1. The molecule has 0 saturated heterocycles. The fraction of sp³-hybridized carbons (Fsp3) is 0. The number of anilines is 1. The Morgan fingerprint density at radius 2 is 1.71 bits per heavy atom. The van der Waals surface area contributed by atoms with Crippen molar-refractivity contribution in [2.45, 2.75) is 9.92 Å². The molecule has 106 valence electrons.